The Kier molecular flexibility index (Phi) is 3470. The van der Waals surface area contributed by atoms with Gasteiger partial charge in [-0.15, -0.1) is 9.13 Å². The van der Waals surface area contributed by atoms with Gasteiger partial charge in [-0.25, -0.2) is 0 Å². The van der Waals surface area contributed by atoms with Gasteiger partial charge >= 0.3 is 0 Å². The van der Waals surface area contributed by atoms with Gasteiger partial charge in [0.25, 0.3) is 0 Å². The minimum absolute atomic E-state index is 0. The Labute approximate surface area is 118 Å². The van der Waals surface area contributed by atoms with Gasteiger partial charge in [-0.2, -0.15) is 23.4 Å². The fraction of sp³-hybridized carbons (Fsp3) is 0.571. The van der Waals surface area contributed by atoms with E-state index in [1.165, 1.54) is 0 Å². The summed E-state index contributed by atoms with van der Waals surface area (Å²) in [6, 6.07) is 0. The first-order chi connectivity index (χ1) is 4.73. The van der Waals surface area contributed by atoms with Gasteiger partial charge in [0.2, 0.25) is 0 Å². The number of rotatable bonds is 0. The van der Waals surface area contributed by atoms with E-state index in [0.29, 0.717) is 0 Å². The van der Waals surface area contributed by atoms with Crippen LogP contribution in [0, 0.1) is 0 Å². The smallest absolute Gasteiger partial charge is 0.0543 e. The zero-order valence-electron chi connectivity index (χ0n) is 8.00. The van der Waals surface area contributed by atoms with Crippen molar-refractivity contribution >= 4 is 86.8 Å². The zero-order valence-corrected chi connectivity index (χ0v) is 11.8. The van der Waals surface area contributed by atoms with Crippen LogP contribution in [0.5, 0.6) is 0 Å². The normalized spacial score (nSPS) is 5.92. The lowest BCUT2D eigenvalue weighted by molar-refractivity contribution is 2.50. The fourth-order valence-corrected chi connectivity index (χ4v) is 0. The molecule has 2 unspecified atom stereocenters. The van der Waals surface area contributed by atoms with E-state index in [-0.39, 0.29) is 45.7 Å². The van der Waals surface area contributed by atoms with E-state index in [1.807, 2.05) is 0 Å². The molecule has 0 radical (unpaired) electrons. The van der Waals surface area contributed by atoms with E-state index in [9.17, 15) is 0 Å². The summed E-state index contributed by atoms with van der Waals surface area (Å²) in [6.07, 6.45) is 0. The van der Waals surface area contributed by atoms with Gasteiger partial charge in [0.15, 0.2) is 0 Å². The predicted molar refractivity (Wildman–Crippen MR) is 101 cm³/mol. The highest BCUT2D eigenvalue weighted by Crippen LogP contribution is 1.46. The minimum Gasteiger partial charge on any atom is -0.197 e. The molecule has 0 aromatic rings. The molecule has 0 bridgehead atoms. The lowest BCUT2D eigenvalue weighted by atomic mass is 12.0. The molecule has 0 spiro atoms. The lowest BCUT2D eigenvalue weighted by Gasteiger charge is -1.10. The van der Waals surface area contributed by atoms with Crippen molar-refractivity contribution in [2.24, 2.45) is 0 Å². The Morgan fingerprint density at radius 1 is 1.08 bits per heavy atom. The van der Waals surface area contributed by atoms with Gasteiger partial charge in [0.05, 0.1) is 2.56 Å². The van der Waals surface area contributed by atoms with Crippen LogP contribution >= 0.6 is 69.2 Å². The molecule has 0 aromatic carbocycles. The third-order valence-electron chi connectivity index (χ3n) is 0. The summed E-state index contributed by atoms with van der Waals surface area (Å²) in [5.74, 6) is 8.50. The van der Waals surface area contributed by atoms with E-state index in [2.05, 4.69) is 54.3 Å². The summed E-state index contributed by atoms with van der Waals surface area (Å²) in [7, 11) is -1.12. The van der Waals surface area contributed by atoms with E-state index in [0.717, 1.165) is 0 Å². The van der Waals surface area contributed by atoms with Crippen LogP contribution in [0.4, 0.5) is 0 Å². The van der Waals surface area contributed by atoms with Gasteiger partial charge in [-0.3, -0.25) is 0 Å². The largest absolute Gasteiger partial charge is 0.197 e. The van der Waals surface area contributed by atoms with Crippen molar-refractivity contribution in [2.75, 3.05) is 6.66 Å². The van der Waals surface area contributed by atoms with Crippen molar-refractivity contribution in [3.63, 3.8) is 0 Å². The Bertz CT molecular complexity index is 48.5. The number of thiocarbonyl (C=S) groups is 3. The second-order valence-electron chi connectivity index (χ2n) is 0. The van der Waals surface area contributed by atoms with E-state index >= 15 is 0 Å². The van der Waals surface area contributed by atoms with Crippen LogP contribution < -0.4 is 0 Å². The summed E-state index contributed by atoms with van der Waals surface area (Å²) < 4.78 is 12.6. The van der Waals surface area contributed by atoms with Crippen LogP contribution in [0.25, 0.3) is 0 Å². The highest BCUT2D eigenvalue weighted by molar-refractivity contribution is 7.77. The van der Waals surface area contributed by atoms with Crippen LogP contribution in [-0.2, 0) is 0 Å². The first-order valence-electron chi connectivity index (χ1n) is 2.21. The number of hydrogen-bond acceptors (Lipinski definition) is 3. The van der Waals surface area contributed by atoms with E-state index in [1.54, 1.807) is 6.66 Å². The third kappa shape index (κ3) is 811. The molecule has 90 valence electrons. The van der Waals surface area contributed by atoms with Crippen LogP contribution in [0.1, 0.15) is 22.3 Å². The standard InChI is InChI=1S/CH5P.3CH2S.3CH4.H3P.H2S/c4*1-2;;;;;/h2H2,1H3;3*1H2;3*1H4;1H3;1H2/i2TD;;;;;;;;. The molecule has 0 heterocycles. The minimum atomic E-state index is -1.12. The SMILES string of the molecule is C.C.C.C=S.C=S.C=S.P.S.[2H]P([3H])C. The molecule has 6 heteroatoms. The summed E-state index contributed by atoms with van der Waals surface area (Å²) >= 11 is 11.5. The molecule has 13 heavy (non-hydrogen) atoms. The van der Waals surface area contributed by atoms with E-state index < -0.39 is 9.13 Å². The first kappa shape index (κ1) is 47.0. The molecule has 0 aliphatic carbocycles. The molecule has 2 atom stereocenters. The maximum absolute atomic E-state index is 6.31. The average Bonchev–Trinajstić information content (AvgIpc) is 1.98. The first-order valence-corrected chi connectivity index (χ1v) is 3.94. The van der Waals surface area contributed by atoms with Crippen molar-refractivity contribution < 1.29 is 0 Å². The van der Waals surface area contributed by atoms with Crippen LogP contribution in [0.15, 0.2) is 0 Å². The van der Waals surface area contributed by atoms with Crippen molar-refractivity contribution in [2.45, 2.75) is 22.3 Å². The van der Waals surface area contributed by atoms with Crippen molar-refractivity contribution in [3.05, 3.63) is 0 Å². The molecular weight excluding hydrogens is 274 g/mol. The number of hydrogen-bond donors (Lipinski definition) is 0. The molecule has 0 aromatic heterocycles. The maximum atomic E-state index is 6.31. The molecule has 0 fully saturated rings. The van der Waals surface area contributed by atoms with Crippen LogP contribution in [0.2, 0.25) is 0 Å². The Morgan fingerprint density at radius 2 is 1.08 bits per heavy atom. The van der Waals surface area contributed by atoms with Crippen molar-refractivity contribution in [3.8, 4) is 0 Å². The summed E-state index contributed by atoms with van der Waals surface area (Å²) in [5, 5.41) is 0. The Balaban J connectivity index is -0.00000000432. The van der Waals surface area contributed by atoms with E-state index in [4.69, 9.17) is 2.56 Å². The van der Waals surface area contributed by atoms with Crippen molar-refractivity contribution in [1.82, 2.24) is 0 Å². The van der Waals surface area contributed by atoms with Gasteiger partial charge in [-0.1, -0.05) is 65.6 Å². The highest BCUT2D eigenvalue weighted by Gasteiger charge is 0.906. The summed E-state index contributed by atoms with van der Waals surface area (Å²) in [4.78, 5) is 0. The molecule has 0 saturated carbocycles. The van der Waals surface area contributed by atoms with Gasteiger partial charge in [-0.05, 0) is 17.6 Å². The highest BCUT2D eigenvalue weighted by atomic mass is 32.1. The Morgan fingerprint density at radius 3 is 1.08 bits per heavy atom. The maximum Gasteiger partial charge on any atom is 0.0543 e. The van der Waals surface area contributed by atoms with Gasteiger partial charge in [0, 0.05) is 0 Å². The fourth-order valence-electron chi connectivity index (χ4n) is 0. The third-order valence-corrected chi connectivity index (χ3v) is 0. The molecule has 0 nitrogen and oxygen atoms in total. The molecule has 0 rings (SSSR count). The Hall–Kier alpha value is 1.48. The molecular formula is C7H28P2S4. The molecule has 0 saturated heterocycles. The lowest BCUT2D eigenvalue weighted by Crippen LogP contribution is -0.804. The second-order valence-corrected chi connectivity index (χ2v) is 0. The second kappa shape index (κ2) is 959. The predicted octanol–water partition coefficient (Wildman–Crippen LogP) is 4.42. The molecule has 0 aliphatic heterocycles. The van der Waals surface area contributed by atoms with Gasteiger partial charge in [0.1, 0.15) is 0 Å². The quantitative estimate of drug-likeness (QED) is 0.480. The molecule has 0 amide bonds. The van der Waals surface area contributed by atoms with Crippen LogP contribution in [0.3, 0.4) is 0 Å². The zero-order chi connectivity index (χ0) is 9.58. The molecule has 0 N–H and O–H groups in total. The summed E-state index contributed by atoms with van der Waals surface area (Å²) in [5.41, 5.74) is 0. The average molecular weight is 306 g/mol. The molecule has 0 aliphatic rings. The topological polar surface area (TPSA) is 0 Å². The van der Waals surface area contributed by atoms with Gasteiger partial charge < -0.3 is 0 Å². The van der Waals surface area contributed by atoms with Crippen molar-refractivity contribution in [1.29, 1.82) is 2.56 Å². The summed E-state index contributed by atoms with van der Waals surface area (Å²) in [6.45, 7) is 1.56. The van der Waals surface area contributed by atoms with Crippen LogP contribution in [-0.4, -0.2) is 26.8 Å². The monoisotopic (exact) mass is 305 g/mol.